The summed E-state index contributed by atoms with van der Waals surface area (Å²) < 4.78 is 6.15. The van der Waals surface area contributed by atoms with E-state index in [1.165, 1.54) is 23.1 Å². The number of unbranched alkanes of at least 4 members (excludes halogenated alkanes) is 1. The fourth-order valence-corrected chi connectivity index (χ4v) is 3.60. The van der Waals surface area contributed by atoms with Crippen LogP contribution in [-0.2, 0) is 16.0 Å². The Labute approximate surface area is 127 Å². The molecular weight excluding hydrogens is 298 g/mol. The SMILES string of the molecule is CCCCOCC(O)CSc1nc(C)c(CC(=O)O)s1. The maximum atomic E-state index is 10.7. The number of rotatable bonds is 10. The molecule has 114 valence electrons. The zero-order valence-electron chi connectivity index (χ0n) is 11.8. The largest absolute Gasteiger partial charge is 0.481 e. The van der Waals surface area contributed by atoms with E-state index >= 15 is 0 Å². The molecule has 5 nitrogen and oxygen atoms in total. The van der Waals surface area contributed by atoms with Gasteiger partial charge in [-0.25, -0.2) is 4.98 Å². The third-order valence-electron chi connectivity index (χ3n) is 2.54. The van der Waals surface area contributed by atoms with Gasteiger partial charge >= 0.3 is 5.97 Å². The first kappa shape index (κ1) is 17.4. The Morgan fingerprint density at radius 2 is 2.30 bits per heavy atom. The molecule has 1 unspecified atom stereocenters. The summed E-state index contributed by atoms with van der Waals surface area (Å²) in [7, 11) is 0. The molecule has 1 aromatic rings. The quantitative estimate of drug-likeness (QED) is 0.509. The lowest BCUT2D eigenvalue weighted by Crippen LogP contribution is -2.18. The number of aromatic nitrogens is 1. The van der Waals surface area contributed by atoms with Gasteiger partial charge in [0.1, 0.15) is 4.34 Å². The summed E-state index contributed by atoms with van der Waals surface area (Å²) in [5.41, 5.74) is 0.758. The number of thioether (sulfide) groups is 1. The number of aliphatic hydroxyl groups excluding tert-OH is 1. The third kappa shape index (κ3) is 6.69. The molecule has 1 heterocycles. The number of aryl methyl sites for hydroxylation is 1. The second kappa shape index (κ2) is 9.33. The van der Waals surface area contributed by atoms with Crippen molar-refractivity contribution in [2.45, 2.75) is 43.6 Å². The van der Waals surface area contributed by atoms with Gasteiger partial charge in [-0.15, -0.1) is 11.3 Å². The number of aliphatic hydroxyl groups is 1. The second-order valence-electron chi connectivity index (χ2n) is 4.45. The maximum absolute atomic E-state index is 10.7. The number of thiazole rings is 1. The second-order valence-corrected chi connectivity index (χ2v) is 6.80. The Balaban J connectivity index is 2.32. The minimum absolute atomic E-state index is 0.00669. The highest BCUT2D eigenvalue weighted by Gasteiger charge is 2.13. The topological polar surface area (TPSA) is 79.7 Å². The predicted octanol–water partition coefficient (Wildman–Crippen LogP) is 2.35. The van der Waals surface area contributed by atoms with Crippen LogP contribution in [-0.4, -0.2) is 46.2 Å². The fourth-order valence-electron chi connectivity index (χ4n) is 1.45. The van der Waals surface area contributed by atoms with Crippen LogP contribution in [0.25, 0.3) is 0 Å². The Hall–Kier alpha value is -0.630. The van der Waals surface area contributed by atoms with Crippen LogP contribution in [0.4, 0.5) is 0 Å². The van der Waals surface area contributed by atoms with Crippen LogP contribution in [0.3, 0.4) is 0 Å². The van der Waals surface area contributed by atoms with Crippen molar-refractivity contribution in [1.29, 1.82) is 0 Å². The summed E-state index contributed by atoms with van der Waals surface area (Å²) in [4.78, 5) is 15.8. The lowest BCUT2D eigenvalue weighted by atomic mass is 10.3. The minimum Gasteiger partial charge on any atom is -0.481 e. The highest BCUT2D eigenvalue weighted by atomic mass is 32.2. The molecule has 0 spiro atoms. The van der Waals surface area contributed by atoms with E-state index in [0.717, 1.165) is 27.8 Å². The summed E-state index contributed by atoms with van der Waals surface area (Å²) in [5.74, 6) is -0.344. The van der Waals surface area contributed by atoms with Gasteiger partial charge in [0.25, 0.3) is 0 Å². The number of carbonyl (C=O) groups is 1. The number of nitrogens with zero attached hydrogens (tertiary/aromatic N) is 1. The van der Waals surface area contributed by atoms with Gasteiger partial charge in [-0.3, -0.25) is 4.79 Å². The van der Waals surface area contributed by atoms with Crippen molar-refractivity contribution in [3.63, 3.8) is 0 Å². The molecule has 0 aliphatic carbocycles. The fraction of sp³-hybridized carbons (Fsp3) is 0.692. The molecule has 2 N–H and O–H groups in total. The maximum Gasteiger partial charge on any atom is 0.308 e. The van der Waals surface area contributed by atoms with E-state index in [1.807, 2.05) is 6.92 Å². The Morgan fingerprint density at radius 3 is 2.95 bits per heavy atom. The van der Waals surface area contributed by atoms with Gasteiger partial charge in [0.05, 0.1) is 24.8 Å². The van der Waals surface area contributed by atoms with Gasteiger partial charge in [0, 0.05) is 17.2 Å². The number of aliphatic carboxylic acids is 1. The van der Waals surface area contributed by atoms with Gasteiger partial charge in [-0.2, -0.15) is 0 Å². The number of ether oxygens (including phenoxy) is 1. The van der Waals surface area contributed by atoms with Gasteiger partial charge in [-0.05, 0) is 13.3 Å². The van der Waals surface area contributed by atoms with Gasteiger partial charge in [0.2, 0.25) is 0 Å². The Morgan fingerprint density at radius 1 is 1.55 bits per heavy atom. The number of carboxylic acids is 1. The molecule has 1 aromatic heterocycles. The average Bonchev–Trinajstić information content (AvgIpc) is 2.72. The van der Waals surface area contributed by atoms with Crippen LogP contribution in [0.1, 0.15) is 30.3 Å². The Bertz CT molecular complexity index is 423. The van der Waals surface area contributed by atoms with E-state index in [4.69, 9.17) is 9.84 Å². The van der Waals surface area contributed by atoms with Crippen molar-refractivity contribution in [3.05, 3.63) is 10.6 Å². The molecule has 0 aromatic carbocycles. The third-order valence-corrected chi connectivity index (χ3v) is 4.98. The van der Waals surface area contributed by atoms with Crippen LogP contribution in [0, 0.1) is 6.92 Å². The predicted molar refractivity (Wildman–Crippen MR) is 80.6 cm³/mol. The highest BCUT2D eigenvalue weighted by Crippen LogP contribution is 2.28. The lowest BCUT2D eigenvalue weighted by molar-refractivity contribution is -0.136. The molecule has 0 aliphatic rings. The summed E-state index contributed by atoms with van der Waals surface area (Å²) in [6, 6.07) is 0. The zero-order valence-corrected chi connectivity index (χ0v) is 13.4. The minimum atomic E-state index is -0.849. The summed E-state index contributed by atoms with van der Waals surface area (Å²) in [6.07, 6.45) is 1.57. The van der Waals surface area contributed by atoms with Crippen LogP contribution in [0.2, 0.25) is 0 Å². The van der Waals surface area contributed by atoms with E-state index in [2.05, 4.69) is 11.9 Å². The van der Waals surface area contributed by atoms with Crippen molar-refractivity contribution in [1.82, 2.24) is 4.98 Å². The first-order chi connectivity index (χ1) is 9.52. The molecule has 0 saturated carbocycles. The number of hydrogen-bond donors (Lipinski definition) is 2. The molecule has 7 heteroatoms. The van der Waals surface area contributed by atoms with E-state index in [1.54, 1.807) is 0 Å². The average molecular weight is 319 g/mol. The number of carboxylic acid groups (broad SMARTS) is 1. The van der Waals surface area contributed by atoms with Crippen molar-refractivity contribution in [2.75, 3.05) is 19.0 Å². The van der Waals surface area contributed by atoms with Crippen molar-refractivity contribution in [2.24, 2.45) is 0 Å². The van der Waals surface area contributed by atoms with Gasteiger partial charge in [0.15, 0.2) is 0 Å². The number of hydrogen-bond acceptors (Lipinski definition) is 6. The first-order valence-electron chi connectivity index (χ1n) is 6.59. The molecule has 0 radical (unpaired) electrons. The molecule has 0 aliphatic heterocycles. The van der Waals surface area contributed by atoms with Gasteiger partial charge < -0.3 is 14.9 Å². The van der Waals surface area contributed by atoms with Crippen molar-refractivity contribution in [3.8, 4) is 0 Å². The lowest BCUT2D eigenvalue weighted by Gasteiger charge is -2.09. The van der Waals surface area contributed by atoms with Gasteiger partial charge in [-0.1, -0.05) is 25.1 Å². The molecule has 1 atom stereocenters. The summed E-state index contributed by atoms with van der Waals surface area (Å²) in [6.45, 7) is 4.91. The first-order valence-corrected chi connectivity index (χ1v) is 8.39. The molecule has 0 amide bonds. The van der Waals surface area contributed by atoms with E-state index in [0.29, 0.717) is 19.0 Å². The van der Waals surface area contributed by atoms with Crippen molar-refractivity contribution < 1.29 is 19.7 Å². The van der Waals surface area contributed by atoms with Crippen molar-refractivity contribution >= 4 is 29.1 Å². The molecule has 0 bridgehead atoms. The highest BCUT2D eigenvalue weighted by molar-refractivity contribution is 8.01. The van der Waals surface area contributed by atoms with Crippen LogP contribution < -0.4 is 0 Å². The molecule has 20 heavy (non-hydrogen) atoms. The monoisotopic (exact) mass is 319 g/mol. The standard InChI is InChI=1S/C13H21NO4S2/c1-3-4-5-18-7-10(15)8-19-13-14-9(2)11(20-13)6-12(16)17/h10,15H,3-8H2,1-2H3,(H,16,17). The molecule has 1 rings (SSSR count). The molecule has 0 fully saturated rings. The van der Waals surface area contributed by atoms with E-state index in [9.17, 15) is 9.90 Å². The normalized spacial score (nSPS) is 12.6. The Kier molecular flexibility index (Phi) is 8.13. The van der Waals surface area contributed by atoms with Crippen LogP contribution in [0.15, 0.2) is 4.34 Å². The van der Waals surface area contributed by atoms with E-state index < -0.39 is 12.1 Å². The zero-order chi connectivity index (χ0) is 15.0. The molecular formula is C13H21NO4S2. The molecule has 0 saturated heterocycles. The summed E-state index contributed by atoms with van der Waals surface area (Å²) in [5, 5.41) is 18.5. The van der Waals surface area contributed by atoms with E-state index in [-0.39, 0.29) is 6.42 Å². The van der Waals surface area contributed by atoms with Crippen LogP contribution in [0.5, 0.6) is 0 Å². The van der Waals surface area contributed by atoms with Crippen LogP contribution >= 0.6 is 23.1 Å². The smallest absolute Gasteiger partial charge is 0.308 e. The summed E-state index contributed by atoms with van der Waals surface area (Å²) >= 11 is 2.82.